The minimum absolute atomic E-state index is 0.292. The van der Waals surface area contributed by atoms with Gasteiger partial charge < -0.3 is 9.72 Å². The first-order valence-corrected chi connectivity index (χ1v) is 6.40. The summed E-state index contributed by atoms with van der Waals surface area (Å²) in [5, 5.41) is 0. The molecule has 0 bridgehead atoms. The van der Waals surface area contributed by atoms with E-state index in [1.54, 1.807) is 0 Å². The van der Waals surface area contributed by atoms with Crippen LogP contribution in [0.2, 0.25) is 0 Å². The third-order valence-electron chi connectivity index (χ3n) is 3.56. The highest BCUT2D eigenvalue weighted by Gasteiger charge is 2.27. The highest BCUT2D eigenvalue weighted by atomic mass is 16.5. The monoisotopic (exact) mass is 246 g/mol. The van der Waals surface area contributed by atoms with E-state index < -0.39 is 0 Å². The van der Waals surface area contributed by atoms with Crippen molar-refractivity contribution in [3.05, 3.63) is 18.1 Å². The van der Waals surface area contributed by atoms with Crippen LogP contribution in [-0.2, 0) is 4.74 Å². The van der Waals surface area contributed by atoms with Gasteiger partial charge >= 0.3 is 0 Å². The van der Waals surface area contributed by atoms with Crippen LogP contribution in [0.4, 0.5) is 5.82 Å². The molecule has 5 nitrogen and oxygen atoms in total. The fourth-order valence-corrected chi connectivity index (χ4v) is 2.47. The molecule has 2 aliphatic rings. The van der Waals surface area contributed by atoms with Gasteiger partial charge in [-0.3, -0.25) is 4.90 Å². The first-order valence-electron chi connectivity index (χ1n) is 6.40. The number of ether oxygens (including phenoxy) is 1. The lowest BCUT2D eigenvalue weighted by atomic mass is 10.3. The van der Waals surface area contributed by atoms with E-state index in [1.165, 1.54) is 12.8 Å². The number of aromatic amines is 1. The van der Waals surface area contributed by atoms with E-state index in [2.05, 4.69) is 21.5 Å². The summed E-state index contributed by atoms with van der Waals surface area (Å²) in [5.41, 5.74) is 1.74. The fourth-order valence-electron chi connectivity index (χ4n) is 2.47. The van der Waals surface area contributed by atoms with Crippen LogP contribution < -0.4 is 0 Å². The molecule has 1 N–H and O–H groups in total. The van der Waals surface area contributed by atoms with Crippen LogP contribution in [0.1, 0.15) is 37.2 Å². The van der Waals surface area contributed by atoms with Gasteiger partial charge in [-0.05, 0) is 32.6 Å². The van der Waals surface area contributed by atoms with Gasteiger partial charge in [0, 0.05) is 7.05 Å². The number of H-pyrrole nitrogens is 1. The van der Waals surface area contributed by atoms with E-state index in [1.807, 2.05) is 18.9 Å². The highest BCUT2D eigenvalue weighted by Crippen LogP contribution is 2.31. The molecular weight excluding hydrogens is 228 g/mol. The van der Waals surface area contributed by atoms with Gasteiger partial charge in [-0.25, -0.2) is 4.98 Å². The van der Waals surface area contributed by atoms with Crippen LogP contribution in [0.15, 0.2) is 11.6 Å². The van der Waals surface area contributed by atoms with Gasteiger partial charge in [0.1, 0.15) is 17.6 Å². The third kappa shape index (κ3) is 1.79. The molecule has 2 heterocycles. The maximum Gasteiger partial charge on any atom is 0.298 e. The summed E-state index contributed by atoms with van der Waals surface area (Å²) in [4.78, 5) is 13.9. The number of hydrogen-bond donors (Lipinski definition) is 1. The third-order valence-corrected chi connectivity index (χ3v) is 3.56. The lowest BCUT2D eigenvalue weighted by molar-refractivity contribution is 0.172. The molecule has 0 spiro atoms. The van der Waals surface area contributed by atoms with Crippen molar-refractivity contribution in [3.8, 4) is 0 Å². The lowest BCUT2D eigenvalue weighted by Crippen LogP contribution is -2.32. The standard InChI is InChI=1S/C13H18N4O/c1-8-11-12(15-9(2)14-11)16-13(17(8)3)18-10-6-4-5-7-10/h10H,1,4-7H2,2-3H3,(H,14,15). The van der Waals surface area contributed by atoms with Gasteiger partial charge in [0.25, 0.3) is 6.02 Å². The molecule has 1 aromatic rings. The molecule has 1 aliphatic heterocycles. The molecule has 5 heteroatoms. The van der Waals surface area contributed by atoms with E-state index in [4.69, 9.17) is 4.74 Å². The highest BCUT2D eigenvalue weighted by molar-refractivity contribution is 5.91. The average Bonchev–Trinajstić information content (AvgIpc) is 2.95. The molecule has 0 amide bonds. The molecular formula is C13H18N4O. The van der Waals surface area contributed by atoms with Crippen LogP contribution >= 0.6 is 0 Å². The summed E-state index contributed by atoms with van der Waals surface area (Å²) in [7, 11) is 1.93. The number of nitrogens with zero attached hydrogens (tertiary/aromatic N) is 3. The molecule has 0 unspecified atom stereocenters. The Morgan fingerprint density at radius 3 is 2.83 bits per heavy atom. The number of fused-ring (bicyclic) bond motifs is 1. The van der Waals surface area contributed by atoms with E-state index >= 15 is 0 Å². The number of hydrogen-bond acceptors (Lipinski definition) is 4. The number of amidine groups is 1. The number of aliphatic imine (C=N–C) groups is 1. The summed E-state index contributed by atoms with van der Waals surface area (Å²) in [6.07, 6.45) is 5.02. The minimum atomic E-state index is 0.292. The number of aromatic nitrogens is 2. The normalized spacial score (nSPS) is 20.0. The van der Waals surface area contributed by atoms with E-state index in [0.717, 1.165) is 30.1 Å². The Labute approximate surface area is 107 Å². The smallest absolute Gasteiger partial charge is 0.298 e. The average molecular weight is 246 g/mol. The molecule has 0 atom stereocenters. The van der Waals surface area contributed by atoms with Gasteiger partial charge in [-0.2, -0.15) is 4.99 Å². The molecule has 18 heavy (non-hydrogen) atoms. The topological polar surface area (TPSA) is 53.5 Å². The zero-order chi connectivity index (χ0) is 12.7. The van der Waals surface area contributed by atoms with Crippen molar-refractivity contribution >= 4 is 17.5 Å². The minimum Gasteiger partial charge on any atom is -0.461 e. The maximum absolute atomic E-state index is 5.96. The first kappa shape index (κ1) is 11.3. The molecule has 1 aliphatic carbocycles. The van der Waals surface area contributed by atoms with Crippen molar-refractivity contribution in [3.63, 3.8) is 0 Å². The predicted molar refractivity (Wildman–Crippen MR) is 70.6 cm³/mol. The second kappa shape index (κ2) is 4.15. The van der Waals surface area contributed by atoms with Crippen LogP contribution in [0.5, 0.6) is 0 Å². The van der Waals surface area contributed by atoms with Crippen molar-refractivity contribution in [1.82, 2.24) is 14.9 Å². The molecule has 0 radical (unpaired) electrons. The summed E-state index contributed by atoms with van der Waals surface area (Å²) >= 11 is 0. The Bertz CT molecular complexity index is 511. The Morgan fingerprint density at radius 1 is 1.39 bits per heavy atom. The molecule has 0 saturated heterocycles. The lowest BCUT2D eigenvalue weighted by Gasteiger charge is -2.27. The van der Waals surface area contributed by atoms with Gasteiger partial charge in [-0.1, -0.05) is 6.58 Å². The van der Waals surface area contributed by atoms with Crippen LogP contribution in [0, 0.1) is 6.92 Å². The number of rotatable bonds is 1. The van der Waals surface area contributed by atoms with E-state index in [9.17, 15) is 0 Å². The maximum atomic E-state index is 5.96. The quantitative estimate of drug-likeness (QED) is 0.828. The van der Waals surface area contributed by atoms with E-state index in [0.29, 0.717) is 17.9 Å². The number of aryl methyl sites for hydroxylation is 1. The summed E-state index contributed by atoms with van der Waals surface area (Å²) in [6, 6.07) is 0.617. The fraction of sp³-hybridized carbons (Fsp3) is 0.538. The summed E-state index contributed by atoms with van der Waals surface area (Å²) in [5.74, 6) is 1.53. The van der Waals surface area contributed by atoms with Gasteiger partial charge in [0.05, 0.1) is 5.70 Å². The molecule has 96 valence electrons. The second-order valence-electron chi connectivity index (χ2n) is 4.95. The zero-order valence-corrected chi connectivity index (χ0v) is 10.9. The van der Waals surface area contributed by atoms with Crippen LogP contribution in [-0.4, -0.2) is 34.0 Å². The van der Waals surface area contributed by atoms with Gasteiger partial charge in [0.2, 0.25) is 0 Å². The molecule has 1 saturated carbocycles. The van der Waals surface area contributed by atoms with Crippen molar-refractivity contribution in [2.75, 3.05) is 7.05 Å². The van der Waals surface area contributed by atoms with E-state index in [-0.39, 0.29) is 0 Å². The van der Waals surface area contributed by atoms with Crippen molar-refractivity contribution < 1.29 is 4.74 Å². The Balaban J connectivity index is 1.89. The summed E-state index contributed by atoms with van der Waals surface area (Å²) in [6.45, 7) is 5.98. The number of imidazole rings is 1. The zero-order valence-electron chi connectivity index (χ0n) is 10.9. The van der Waals surface area contributed by atoms with Gasteiger partial charge in [0.15, 0.2) is 5.82 Å². The van der Waals surface area contributed by atoms with Crippen molar-refractivity contribution in [1.29, 1.82) is 0 Å². The second-order valence-corrected chi connectivity index (χ2v) is 4.95. The predicted octanol–water partition coefficient (Wildman–Crippen LogP) is 2.58. The molecule has 0 aromatic carbocycles. The Morgan fingerprint density at radius 2 is 2.11 bits per heavy atom. The van der Waals surface area contributed by atoms with Crippen LogP contribution in [0.3, 0.4) is 0 Å². The van der Waals surface area contributed by atoms with Crippen molar-refractivity contribution in [2.24, 2.45) is 4.99 Å². The Hall–Kier alpha value is -1.78. The molecule has 1 aromatic heterocycles. The van der Waals surface area contributed by atoms with Crippen LogP contribution in [0.25, 0.3) is 5.70 Å². The van der Waals surface area contributed by atoms with Crippen molar-refractivity contribution in [2.45, 2.75) is 38.7 Å². The Kier molecular flexibility index (Phi) is 2.61. The van der Waals surface area contributed by atoms with Gasteiger partial charge in [-0.15, -0.1) is 0 Å². The largest absolute Gasteiger partial charge is 0.461 e. The number of nitrogens with one attached hydrogen (secondary N) is 1. The molecule has 3 rings (SSSR count). The first-order chi connectivity index (χ1) is 8.65. The SMILES string of the molecule is C=C1c2[nH]c(C)nc2N=C(OC2CCCC2)N1C. The molecule has 1 fully saturated rings. The summed E-state index contributed by atoms with van der Waals surface area (Å²) < 4.78 is 5.96.